The summed E-state index contributed by atoms with van der Waals surface area (Å²) >= 11 is 0. The first-order chi connectivity index (χ1) is 10.5. The molecule has 2 N–H and O–H groups in total. The Kier molecular flexibility index (Phi) is 5.16. The van der Waals surface area contributed by atoms with Crippen molar-refractivity contribution in [2.75, 3.05) is 17.0 Å². The van der Waals surface area contributed by atoms with Crippen molar-refractivity contribution in [1.82, 2.24) is 14.9 Å². The number of amides is 1. The molecule has 0 aliphatic rings. The van der Waals surface area contributed by atoms with Crippen LogP contribution in [-0.2, 0) is 14.8 Å². The number of fused-ring (bicyclic) bond motifs is 1. The van der Waals surface area contributed by atoms with Gasteiger partial charge in [-0.15, -0.1) is 6.58 Å². The number of sulfonamides is 1. The van der Waals surface area contributed by atoms with Crippen molar-refractivity contribution in [2.24, 2.45) is 0 Å². The molecule has 0 saturated heterocycles. The van der Waals surface area contributed by atoms with E-state index in [4.69, 9.17) is 0 Å². The molecule has 0 aliphatic carbocycles. The van der Waals surface area contributed by atoms with Gasteiger partial charge in [0.15, 0.2) is 0 Å². The minimum Gasteiger partial charge on any atom is -0.355 e. The SMILES string of the molecule is C=CCCC(=O)NCCS(=O)(=O)Nc1ccn2nccc2c1. The zero-order chi connectivity index (χ0) is 16.0. The average molecular weight is 322 g/mol. The number of pyridine rings is 1. The second-order valence-electron chi connectivity index (χ2n) is 4.71. The van der Waals surface area contributed by atoms with Crippen LogP contribution >= 0.6 is 0 Å². The molecule has 0 bridgehead atoms. The fourth-order valence-corrected chi connectivity index (χ4v) is 2.82. The summed E-state index contributed by atoms with van der Waals surface area (Å²) in [6, 6.07) is 5.09. The maximum atomic E-state index is 12.0. The molecule has 0 unspecified atom stereocenters. The molecule has 8 heteroatoms. The Morgan fingerprint density at radius 3 is 3.00 bits per heavy atom. The van der Waals surface area contributed by atoms with E-state index in [-0.39, 0.29) is 18.2 Å². The van der Waals surface area contributed by atoms with E-state index in [2.05, 4.69) is 21.7 Å². The van der Waals surface area contributed by atoms with Crippen LogP contribution in [0, 0.1) is 0 Å². The average Bonchev–Trinajstić information content (AvgIpc) is 2.92. The summed E-state index contributed by atoms with van der Waals surface area (Å²) in [7, 11) is -3.52. The van der Waals surface area contributed by atoms with Crippen molar-refractivity contribution in [3.05, 3.63) is 43.2 Å². The van der Waals surface area contributed by atoms with E-state index < -0.39 is 10.0 Å². The third-order valence-corrected chi connectivity index (χ3v) is 4.23. The van der Waals surface area contributed by atoms with Gasteiger partial charge in [-0.25, -0.2) is 12.9 Å². The van der Waals surface area contributed by atoms with Crippen molar-refractivity contribution in [3.63, 3.8) is 0 Å². The van der Waals surface area contributed by atoms with E-state index in [1.54, 1.807) is 41.2 Å². The largest absolute Gasteiger partial charge is 0.355 e. The van der Waals surface area contributed by atoms with Crippen LogP contribution in [0.15, 0.2) is 43.2 Å². The topological polar surface area (TPSA) is 92.6 Å². The molecule has 1 amide bonds. The number of allylic oxidation sites excluding steroid dienone is 1. The molecule has 2 heterocycles. The highest BCUT2D eigenvalue weighted by Gasteiger charge is 2.11. The second kappa shape index (κ2) is 7.08. The fourth-order valence-electron chi connectivity index (χ4n) is 1.86. The van der Waals surface area contributed by atoms with Gasteiger partial charge in [0.05, 0.1) is 17.0 Å². The van der Waals surface area contributed by atoms with Gasteiger partial charge in [-0.2, -0.15) is 5.10 Å². The van der Waals surface area contributed by atoms with Crippen molar-refractivity contribution in [2.45, 2.75) is 12.8 Å². The summed E-state index contributed by atoms with van der Waals surface area (Å²) in [6.45, 7) is 3.59. The number of hydrogen-bond acceptors (Lipinski definition) is 4. The monoisotopic (exact) mass is 322 g/mol. The molecule has 0 atom stereocenters. The lowest BCUT2D eigenvalue weighted by Gasteiger charge is -2.09. The number of nitrogens with zero attached hydrogens (tertiary/aromatic N) is 2. The normalized spacial score (nSPS) is 11.3. The van der Waals surface area contributed by atoms with Crippen LogP contribution in [0.5, 0.6) is 0 Å². The Balaban J connectivity index is 1.87. The third-order valence-electron chi connectivity index (χ3n) is 2.94. The number of nitrogens with one attached hydrogen (secondary N) is 2. The fraction of sp³-hybridized carbons (Fsp3) is 0.286. The molecule has 0 radical (unpaired) electrons. The Hall–Kier alpha value is -2.35. The number of carbonyl (C=O) groups is 1. The quantitative estimate of drug-likeness (QED) is 0.713. The molecule has 22 heavy (non-hydrogen) atoms. The van der Waals surface area contributed by atoms with E-state index >= 15 is 0 Å². The van der Waals surface area contributed by atoms with Gasteiger partial charge in [-0.05, 0) is 24.6 Å². The molecule has 0 spiro atoms. The number of aromatic nitrogens is 2. The highest BCUT2D eigenvalue weighted by molar-refractivity contribution is 7.92. The predicted octanol–water partition coefficient (Wildman–Crippen LogP) is 1.16. The molecule has 2 rings (SSSR count). The van der Waals surface area contributed by atoms with E-state index in [0.717, 1.165) is 5.52 Å². The first-order valence-electron chi connectivity index (χ1n) is 6.82. The van der Waals surface area contributed by atoms with Crippen LogP contribution in [0.4, 0.5) is 5.69 Å². The van der Waals surface area contributed by atoms with E-state index in [9.17, 15) is 13.2 Å². The minimum atomic E-state index is -3.52. The molecular weight excluding hydrogens is 304 g/mol. The minimum absolute atomic E-state index is 0.0697. The predicted molar refractivity (Wildman–Crippen MR) is 85.0 cm³/mol. The molecular formula is C14H18N4O3S. The first-order valence-corrected chi connectivity index (χ1v) is 8.47. The van der Waals surface area contributed by atoms with Gasteiger partial charge in [0.1, 0.15) is 0 Å². The van der Waals surface area contributed by atoms with E-state index in [0.29, 0.717) is 18.5 Å². The summed E-state index contributed by atoms with van der Waals surface area (Å²) in [5.41, 5.74) is 1.25. The van der Waals surface area contributed by atoms with Gasteiger partial charge in [0, 0.05) is 25.4 Å². The van der Waals surface area contributed by atoms with Crippen LogP contribution in [0.3, 0.4) is 0 Å². The highest BCUT2D eigenvalue weighted by atomic mass is 32.2. The van der Waals surface area contributed by atoms with Crippen molar-refractivity contribution in [3.8, 4) is 0 Å². The molecule has 0 aliphatic heterocycles. The molecule has 2 aromatic heterocycles. The summed E-state index contributed by atoms with van der Waals surface area (Å²) in [5.74, 6) is -0.368. The van der Waals surface area contributed by atoms with Gasteiger partial charge in [0.2, 0.25) is 15.9 Å². The summed E-state index contributed by atoms with van der Waals surface area (Å²) in [4.78, 5) is 11.4. The second-order valence-corrected chi connectivity index (χ2v) is 6.56. The maximum absolute atomic E-state index is 12.0. The van der Waals surface area contributed by atoms with Crippen LogP contribution in [0.2, 0.25) is 0 Å². The summed E-state index contributed by atoms with van der Waals surface area (Å²) < 4.78 is 28.1. The first kappa shape index (κ1) is 16.0. The number of carbonyl (C=O) groups excluding carboxylic acids is 1. The van der Waals surface area contributed by atoms with E-state index in [1.165, 1.54) is 0 Å². The molecule has 0 saturated carbocycles. The van der Waals surface area contributed by atoms with Crippen molar-refractivity contribution < 1.29 is 13.2 Å². The lowest BCUT2D eigenvalue weighted by Crippen LogP contribution is -2.30. The van der Waals surface area contributed by atoms with Gasteiger partial charge in [-0.3, -0.25) is 9.52 Å². The van der Waals surface area contributed by atoms with Crippen molar-refractivity contribution in [1.29, 1.82) is 0 Å². The molecule has 0 aromatic carbocycles. The molecule has 2 aromatic rings. The molecule has 0 fully saturated rings. The van der Waals surface area contributed by atoms with Crippen LogP contribution in [0.1, 0.15) is 12.8 Å². The van der Waals surface area contributed by atoms with Gasteiger partial charge in [0.25, 0.3) is 0 Å². The third kappa shape index (κ3) is 4.59. The molecule has 118 valence electrons. The van der Waals surface area contributed by atoms with Crippen LogP contribution in [0.25, 0.3) is 5.52 Å². The van der Waals surface area contributed by atoms with Crippen LogP contribution < -0.4 is 10.0 Å². The Morgan fingerprint density at radius 2 is 2.23 bits per heavy atom. The zero-order valence-corrected chi connectivity index (χ0v) is 12.8. The lowest BCUT2D eigenvalue weighted by atomic mass is 10.3. The number of hydrogen-bond donors (Lipinski definition) is 2. The zero-order valence-electron chi connectivity index (χ0n) is 12.0. The number of anilines is 1. The Bertz CT molecular complexity index is 767. The Labute approximate surface area is 129 Å². The lowest BCUT2D eigenvalue weighted by molar-refractivity contribution is -0.120. The summed E-state index contributed by atoms with van der Waals surface area (Å²) in [5, 5.41) is 6.60. The Morgan fingerprint density at radius 1 is 1.41 bits per heavy atom. The maximum Gasteiger partial charge on any atom is 0.234 e. The van der Waals surface area contributed by atoms with E-state index in [1.807, 2.05) is 0 Å². The molecule has 7 nitrogen and oxygen atoms in total. The summed E-state index contributed by atoms with van der Waals surface area (Å²) in [6.07, 6.45) is 5.83. The van der Waals surface area contributed by atoms with Crippen LogP contribution in [-0.4, -0.2) is 36.2 Å². The smallest absolute Gasteiger partial charge is 0.234 e. The van der Waals surface area contributed by atoms with Gasteiger partial charge >= 0.3 is 0 Å². The number of rotatable bonds is 8. The van der Waals surface area contributed by atoms with Crippen molar-refractivity contribution >= 4 is 27.1 Å². The van der Waals surface area contributed by atoms with Gasteiger partial charge in [-0.1, -0.05) is 6.08 Å². The standard InChI is InChI=1S/C14H18N4O3S/c1-2-3-4-14(19)15-8-10-22(20,21)17-12-6-9-18-13(11-12)5-7-16-18/h2,5-7,9,11,17H,1,3-4,8,10H2,(H,15,19). The van der Waals surface area contributed by atoms with Gasteiger partial charge < -0.3 is 5.32 Å². The highest BCUT2D eigenvalue weighted by Crippen LogP contribution is 2.12.